The number of hydrogen-bond donors (Lipinski definition) is 1. The van der Waals surface area contributed by atoms with Gasteiger partial charge in [0.2, 0.25) is 5.91 Å². The highest BCUT2D eigenvalue weighted by atomic mass is 16.5. The number of benzene rings is 2. The number of nitrogens with zero attached hydrogens (tertiary/aromatic N) is 2. The van der Waals surface area contributed by atoms with E-state index in [1.807, 2.05) is 30.3 Å². The van der Waals surface area contributed by atoms with Gasteiger partial charge >= 0.3 is 0 Å². The molecule has 0 atom stereocenters. The van der Waals surface area contributed by atoms with Gasteiger partial charge in [0.05, 0.1) is 17.6 Å². The van der Waals surface area contributed by atoms with E-state index in [0.717, 1.165) is 54.8 Å². The molecular weight excluding hydrogens is 374 g/mol. The number of para-hydroxylation sites is 2. The molecule has 1 heterocycles. The number of aromatic nitrogens is 2. The van der Waals surface area contributed by atoms with Crippen molar-refractivity contribution in [3.63, 3.8) is 0 Å². The molecule has 3 aromatic rings. The predicted octanol–water partition coefficient (Wildman–Crippen LogP) is 4.91. The van der Waals surface area contributed by atoms with E-state index in [2.05, 4.69) is 48.9 Å². The molecule has 1 N–H and O–H groups in total. The van der Waals surface area contributed by atoms with E-state index in [-0.39, 0.29) is 11.8 Å². The lowest BCUT2D eigenvalue weighted by Crippen LogP contribution is -2.32. The van der Waals surface area contributed by atoms with Crippen molar-refractivity contribution < 1.29 is 9.53 Å². The summed E-state index contributed by atoms with van der Waals surface area (Å²) in [6.45, 7) is 8.29. The predicted molar refractivity (Wildman–Crippen MR) is 122 cm³/mol. The van der Waals surface area contributed by atoms with Crippen LogP contribution in [0.25, 0.3) is 11.0 Å². The maximum absolute atomic E-state index is 12.3. The molecular formula is C25H33N3O2. The van der Waals surface area contributed by atoms with Crippen molar-refractivity contribution in [1.29, 1.82) is 0 Å². The Labute approximate surface area is 179 Å². The lowest BCUT2D eigenvalue weighted by molar-refractivity contribution is -0.125. The van der Waals surface area contributed by atoms with Gasteiger partial charge < -0.3 is 14.6 Å². The first-order valence-corrected chi connectivity index (χ1v) is 11.0. The van der Waals surface area contributed by atoms with Crippen LogP contribution in [-0.4, -0.2) is 28.6 Å². The quantitative estimate of drug-likeness (QED) is 0.460. The van der Waals surface area contributed by atoms with E-state index in [9.17, 15) is 4.79 Å². The van der Waals surface area contributed by atoms with Crippen molar-refractivity contribution in [3.05, 3.63) is 59.9 Å². The lowest BCUT2D eigenvalue weighted by atomic mass is 10.0. The maximum atomic E-state index is 12.3. The Morgan fingerprint density at radius 3 is 2.70 bits per heavy atom. The monoisotopic (exact) mass is 407 g/mol. The minimum atomic E-state index is 0.0996. The van der Waals surface area contributed by atoms with Gasteiger partial charge in [-0.25, -0.2) is 4.98 Å². The molecule has 2 aromatic carbocycles. The molecule has 160 valence electrons. The van der Waals surface area contributed by atoms with Crippen molar-refractivity contribution >= 4 is 16.9 Å². The Morgan fingerprint density at radius 2 is 1.93 bits per heavy atom. The second kappa shape index (κ2) is 10.8. The summed E-state index contributed by atoms with van der Waals surface area (Å²) >= 11 is 0. The van der Waals surface area contributed by atoms with Crippen LogP contribution < -0.4 is 10.1 Å². The number of rotatable bonds is 11. The first kappa shape index (κ1) is 21.9. The van der Waals surface area contributed by atoms with Crippen LogP contribution >= 0.6 is 0 Å². The minimum Gasteiger partial charge on any atom is -0.494 e. The molecule has 0 radical (unpaired) electrons. The first-order chi connectivity index (χ1) is 14.6. The van der Waals surface area contributed by atoms with Gasteiger partial charge in [0.25, 0.3) is 0 Å². The van der Waals surface area contributed by atoms with E-state index in [4.69, 9.17) is 9.72 Å². The zero-order valence-electron chi connectivity index (χ0n) is 18.4. The Hall–Kier alpha value is -2.82. The van der Waals surface area contributed by atoms with Gasteiger partial charge in [-0.15, -0.1) is 0 Å². The molecule has 3 rings (SSSR count). The highest BCUT2D eigenvalue weighted by molar-refractivity contribution is 5.78. The van der Waals surface area contributed by atoms with E-state index >= 15 is 0 Å². The summed E-state index contributed by atoms with van der Waals surface area (Å²) in [4.78, 5) is 17.1. The van der Waals surface area contributed by atoms with Crippen molar-refractivity contribution in [2.75, 3.05) is 13.2 Å². The van der Waals surface area contributed by atoms with Crippen LogP contribution in [0.5, 0.6) is 5.75 Å². The molecule has 0 saturated heterocycles. The third-order valence-electron chi connectivity index (χ3n) is 5.52. The maximum Gasteiger partial charge on any atom is 0.223 e. The fraction of sp³-hybridized carbons (Fsp3) is 0.440. The Kier molecular flexibility index (Phi) is 7.89. The summed E-state index contributed by atoms with van der Waals surface area (Å²) in [6.07, 6.45) is 3.37. The number of amides is 1. The van der Waals surface area contributed by atoms with E-state index < -0.39 is 0 Å². The normalized spacial score (nSPS) is 11.2. The molecule has 0 aliphatic rings. The van der Waals surface area contributed by atoms with Crippen LogP contribution in [0.4, 0.5) is 0 Å². The van der Waals surface area contributed by atoms with Crippen LogP contribution in [-0.2, 0) is 17.8 Å². The highest BCUT2D eigenvalue weighted by Gasteiger charge is 2.15. The fourth-order valence-corrected chi connectivity index (χ4v) is 3.78. The third kappa shape index (κ3) is 5.62. The standard InChI is InChI=1S/C25H33N3O2/c1-4-20(5-2)25(29)26-15-14-24-27-22-12-6-7-13-23(22)28(24)16-9-17-30-21-11-8-10-19(3)18-21/h6-8,10-13,18,20H,4-5,9,14-17H2,1-3H3,(H,26,29). The second-order valence-corrected chi connectivity index (χ2v) is 7.74. The van der Waals surface area contributed by atoms with Gasteiger partial charge in [-0.1, -0.05) is 38.1 Å². The van der Waals surface area contributed by atoms with Crippen LogP contribution in [0.2, 0.25) is 0 Å². The summed E-state index contributed by atoms with van der Waals surface area (Å²) in [5, 5.41) is 3.08. The van der Waals surface area contributed by atoms with Crippen LogP contribution in [0.3, 0.4) is 0 Å². The van der Waals surface area contributed by atoms with E-state index in [1.54, 1.807) is 0 Å². The molecule has 0 aliphatic heterocycles. The van der Waals surface area contributed by atoms with Gasteiger partial charge in [0.15, 0.2) is 0 Å². The smallest absolute Gasteiger partial charge is 0.223 e. The average Bonchev–Trinajstić information content (AvgIpc) is 3.09. The van der Waals surface area contributed by atoms with Crippen molar-refractivity contribution in [2.24, 2.45) is 5.92 Å². The topological polar surface area (TPSA) is 56.2 Å². The minimum absolute atomic E-state index is 0.0996. The molecule has 0 spiro atoms. The summed E-state index contributed by atoms with van der Waals surface area (Å²) in [7, 11) is 0. The summed E-state index contributed by atoms with van der Waals surface area (Å²) in [6, 6.07) is 16.3. The largest absolute Gasteiger partial charge is 0.494 e. The highest BCUT2D eigenvalue weighted by Crippen LogP contribution is 2.18. The Morgan fingerprint density at radius 1 is 1.13 bits per heavy atom. The van der Waals surface area contributed by atoms with Gasteiger partial charge in [-0.3, -0.25) is 4.79 Å². The average molecular weight is 408 g/mol. The zero-order chi connectivity index (χ0) is 21.3. The van der Waals surface area contributed by atoms with Gasteiger partial charge in [0, 0.05) is 25.4 Å². The van der Waals surface area contributed by atoms with Crippen molar-refractivity contribution in [1.82, 2.24) is 14.9 Å². The molecule has 5 nitrogen and oxygen atoms in total. The second-order valence-electron chi connectivity index (χ2n) is 7.74. The molecule has 1 amide bonds. The SMILES string of the molecule is CCC(CC)C(=O)NCCc1nc2ccccc2n1CCCOc1cccc(C)c1. The molecule has 0 aliphatic carbocycles. The molecule has 0 unspecified atom stereocenters. The Balaban J connectivity index is 1.60. The number of ether oxygens (including phenoxy) is 1. The van der Waals surface area contributed by atoms with Crippen molar-refractivity contribution in [2.45, 2.75) is 53.0 Å². The number of hydrogen-bond acceptors (Lipinski definition) is 3. The van der Waals surface area contributed by atoms with Crippen LogP contribution in [0.15, 0.2) is 48.5 Å². The lowest BCUT2D eigenvalue weighted by Gasteiger charge is -2.13. The molecule has 0 bridgehead atoms. The van der Waals surface area contributed by atoms with E-state index in [0.29, 0.717) is 13.2 Å². The number of aryl methyl sites for hydroxylation is 2. The number of carbonyl (C=O) groups excluding carboxylic acids is 1. The molecule has 1 aromatic heterocycles. The molecule has 5 heteroatoms. The van der Waals surface area contributed by atoms with Gasteiger partial charge in [-0.2, -0.15) is 0 Å². The number of carbonyl (C=O) groups is 1. The fourth-order valence-electron chi connectivity index (χ4n) is 3.78. The van der Waals surface area contributed by atoms with Crippen LogP contribution in [0.1, 0.15) is 44.5 Å². The number of fused-ring (bicyclic) bond motifs is 1. The first-order valence-electron chi connectivity index (χ1n) is 11.0. The summed E-state index contributed by atoms with van der Waals surface area (Å²) in [5.41, 5.74) is 3.33. The zero-order valence-corrected chi connectivity index (χ0v) is 18.4. The molecule has 0 saturated carbocycles. The number of nitrogens with one attached hydrogen (secondary N) is 1. The van der Waals surface area contributed by atoms with Crippen molar-refractivity contribution in [3.8, 4) is 5.75 Å². The van der Waals surface area contributed by atoms with Gasteiger partial charge in [-0.05, 0) is 56.0 Å². The molecule has 30 heavy (non-hydrogen) atoms. The third-order valence-corrected chi connectivity index (χ3v) is 5.52. The Bertz CT molecular complexity index is 960. The van der Waals surface area contributed by atoms with E-state index in [1.165, 1.54) is 5.56 Å². The summed E-state index contributed by atoms with van der Waals surface area (Å²) < 4.78 is 8.17. The van der Waals surface area contributed by atoms with Gasteiger partial charge in [0.1, 0.15) is 11.6 Å². The molecule has 0 fully saturated rings. The van der Waals surface area contributed by atoms with Crippen LogP contribution in [0, 0.1) is 12.8 Å². The number of imidazole rings is 1. The summed E-state index contributed by atoms with van der Waals surface area (Å²) in [5.74, 6) is 2.17.